The Bertz CT molecular complexity index is 712. The monoisotopic (exact) mass is 280 g/mol. The summed E-state index contributed by atoms with van der Waals surface area (Å²) in [6.07, 6.45) is 0.171. The maximum Gasteiger partial charge on any atom is 0.244 e. The summed E-state index contributed by atoms with van der Waals surface area (Å²) in [7, 11) is 0. The second-order valence-corrected chi connectivity index (χ2v) is 5.50. The van der Waals surface area contributed by atoms with E-state index in [0.29, 0.717) is 11.4 Å². The van der Waals surface area contributed by atoms with Crippen LogP contribution >= 0.6 is 0 Å². The van der Waals surface area contributed by atoms with Gasteiger partial charge in [-0.2, -0.15) is 0 Å². The Labute approximate surface area is 123 Å². The molecule has 0 aromatic heterocycles. The van der Waals surface area contributed by atoms with Crippen LogP contribution in [0.5, 0.6) is 0 Å². The Morgan fingerprint density at radius 2 is 1.76 bits per heavy atom. The van der Waals surface area contributed by atoms with Crippen LogP contribution in [0.3, 0.4) is 0 Å². The number of carbonyl (C=O) groups excluding carboxylic acids is 2. The Hall–Kier alpha value is -2.62. The number of hydrogen-bond donors (Lipinski definition) is 1. The number of hydrogen-bond acceptors (Lipinski definition) is 3. The molecule has 1 aliphatic heterocycles. The zero-order valence-electron chi connectivity index (χ0n) is 11.7. The first-order valence-electron chi connectivity index (χ1n) is 6.81. The molecular formula is C17H16N2O2. The minimum atomic E-state index is -0.817. The molecule has 4 nitrogen and oxygen atoms in total. The molecule has 3 rings (SSSR count). The Morgan fingerprint density at radius 3 is 2.43 bits per heavy atom. The number of imide groups is 1. The van der Waals surface area contributed by atoms with Crippen LogP contribution < -0.4 is 10.6 Å². The van der Waals surface area contributed by atoms with E-state index in [4.69, 9.17) is 5.73 Å². The summed E-state index contributed by atoms with van der Waals surface area (Å²) < 4.78 is 0. The van der Waals surface area contributed by atoms with Gasteiger partial charge in [0, 0.05) is 12.1 Å². The molecule has 1 fully saturated rings. The highest BCUT2D eigenvalue weighted by Gasteiger charge is 2.49. The first kappa shape index (κ1) is 13.4. The summed E-state index contributed by atoms with van der Waals surface area (Å²) in [5.74, 6) is -0.402. The smallest absolute Gasteiger partial charge is 0.244 e. The molecule has 1 heterocycles. The fourth-order valence-corrected chi connectivity index (χ4v) is 2.77. The average Bonchev–Trinajstić information content (AvgIpc) is 2.71. The van der Waals surface area contributed by atoms with Crippen molar-refractivity contribution >= 4 is 23.2 Å². The van der Waals surface area contributed by atoms with Crippen LogP contribution in [0, 0.1) is 0 Å². The van der Waals surface area contributed by atoms with Gasteiger partial charge in [-0.3, -0.25) is 9.59 Å². The summed E-state index contributed by atoms with van der Waals surface area (Å²) in [5, 5.41) is 0. The van der Waals surface area contributed by atoms with Gasteiger partial charge in [0.25, 0.3) is 0 Å². The molecule has 1 saturated heterocycles. The van der Waals surface area contributed by atoms with Crippen LogP contribution in [0.2, 0.25) is 0 Å². The predicted molar refractivity (Wildman–Crippen MR) is 81.8 cm³/mol. The highest BCUT2D eigenvalue weighted by atomic mass is 16.2. The third-order valence-corrected chi connectivity index (χ3v) is 3.97. The quantitative estimate of drug-likeness (QED) is 0.679. The first-order valence-corrected chi connectivity index (χ1v) is 6.81. The fraction of sp³-hybridized carbons (Fsp3) is 0.176. The summed E-state index contributed by atoms with van der Waals surface area (Å²) in [5.41, 5.74) is 6.85. The molecule has 2 N–H and O–H groups in total. The minimum Gasteiger partial charge on any atom is -0.399 e. The normalized spacial score (nSPS) is 21.9. The molecule has 2 aromatic rings. The van der Waals surface area contributed by atoms with Crippen LogP contribution in [0.15, 0.2) is 54.6 Å². The number of amides is 2. The van der Waals surface area contributed by atoms with Crippen LogP contribution in [0.25, 0.3) is 0 Å². The largest absolute Gasteiger partial charge is 0.399 e. The lowest BCUT2D eigenvalue weighted by atomic mass is 9.81. The molecule has 4 heteroatoms. The molecule has 2 amide bonds. The summed E-state index contributed by atoms with van der Waals surface area (Å²) in [6.45, 7) is 1.81. The van der Waals surface area contributed by atoms with E-state index in [1.54, 1.807) is 24.3 Å². The van der Waals surface area contributed by atoms with E-state index < -0.39 is 5.41 Å². The van der Waals surface area contributed by atoms with Crippen molar-refractivity contribution in [2.24, 2.45) is 0 Å². The van der Waals surface area contributed by atoms with E-state index in [9.17, 15) is 9.59 Å². The first-order chi connectivity index (χ1) is 10.0. The van der Waals surface area contributed by atoms with E-state index in [2.05, 4.69) is 0 Å². The fourth-order valence-electron chi connectivity index (χ4n) is 2.77. The van der Waals surface area contributed by atoms with Gasteiger partial charge in [-0.25, -0.2) is 4.90 Å². The van der Waals surface area contributed by atoms with Gasteiger partial charge in [0.2, 0.25) is 11.8 Å². The molecule has 1 atom stereocenters. The van der Waals surface area contributed by atoms with Crippen LogP contribution in [0.4, 0.5) is 11.4 Å². The number of rotatable bonds is 2. The lowest BCUT2D eigenvalue weighted by Gasteiger charge is -2.22. The van der Waals surface area contributed by atoms with Crippen molar-refractivity contribution in [1.82, 2.24) is 0 Å². The van der Waals surface area contributed by atoms with E-state index >= 15 is 0 Å². The number of anilines is 2. The highest BCUT2D eigenvalue weighted by molar-refractivity contribution is 6.24. The molecule has 106 valence electrons. The standard InChI is InChI=1S/C17H16N2O2/c1-17(12-6-3-2-4-7-12)11-15(20)19(16(17)21)14-9-5-8-13(18)10-14/h2-10H,11,18H2,1H3. The number of nitrogens with zero attached hydrogens (tertiary/aromatic N) is 1. The van der Waals surface area contributed by atoms with Gasteiger partial charge in [-0.05, 0) is 30.7 Å². The maximum atomic E-state index is 12.8. The topological polar surface area (TPSA) is 63.4 Å². The van der Waals surface area contributed by atoms with Gasteiger partial charge in [-0.15, -0.1) is 0 Å². The number of nitrogens with two attached hydrogens (primary N) is 1. The van der Waals surface area contributed by atoms with E-state index in [-0.39, 0.29) is 18.2 Å². The maximum absolute atomic E-state index is 12.8. The van der Waals surface area contributed by atoms with E-state index in [1.807, 2.05) is 37.3 Å². The van der Waals surface area contributed by atoms with Gasteiger partial charge >= 0.3 is 0 Å². The second-order valence-electron chi connectivity index (χ2n) is 5.50. The van der Waals surface area contributed by atoms with Crippen molar-refractivity contribution in [1.29, 1.82) is 0 Å². The van der Waals surface area contributed by atoms with Crippen molar-refractivity contribution < 1.29 is 9.59 Å². The van der Waals surface area contributed by atoms with Crippen molar-refractivity contribution in [3.8, 4) is 0 Å². The van der Waals surface area contributed by atoms with Crippen LogP contribution in [0.1, 0.15) is 18.9 Å². The number of nitrogen functional groups attached to an aromatic ring is 1. The van der Waals surface area contributed by atoms with Crippen molar-refractivity contribution in [2.75, 3.05) is 10.6 Å². The number of benzene rings is 2. The van der Waals surface area contributed by atoms with Gasteiger partial charge in [0.05, 0.1) is 11.1 Å². The lowest BCUT2D eigenvalue weighted by molar-refractivity contribution is -0.122. The Balaban J connectivity index is 2.04. The molecule has 21 heavy (non-hydrogen) atoms. The van der Waals surface area contributed by atoms with Crippen molar-refractivity contribution in [3.05, 3.63) is 60.2 Å². The number of carbonyl (C=O) groups is 2. The lowest BCUT2D eigenvalue weighted by Crippen LogP contribution is -2.36. The molecular weight excluding hydrogens is 264 g/mol. The molecule has 0 aliphatic carbocycles. The van der Waals surface area contributed by atoms with Gasteiger partial charge in [0.15, 0.2) is 0 Å². The SMILES string of the molecule is CC1(c2ccccc2)CC(=O)N(c2cccc(N)c2)C1=O. The molecule has 0 bridgehead atoms. The van der Waals surface area contributed by atoms with E-state index in [1.165, 1.54) is 4.90 Å². The second kappa shape index (κ2) is 4.74. The summed E-state index contributed by atoms with van der Waals surface area (Å²) in [6, 6.07) is 16.2. The van der Waals surface area contributed by atoms with E-state index in [0.717, 1.165) is 5.56 Å². The predicted octanol–water partition coefficient (Wildman–Crippen LogP) is 2.49. The van der Waals surface area contributed by atoms with Gasteiger partial charge < -0.3 is 5.73 Å². The third kappa shape index (κ3) is 2.09. The zero-order valence-corrected chi connectivity index (χ0v) is 11.7. The third-order valence-electron chi connectivity index (χ3n) is 3.97. The Morgan fingerprint density at radius 1 is 1.05 bits per heavy atom. The van der Waals surface area contributed by atoms with Crippen LogP contribution in [-0.2, 0) is 15.0 Å². The van der Waals surface area contributed by atoms with Crippen molar-refractivity contribution in [2.45, 2.75) is 18.8 Å². The average molecular weight is 280 g/mol. The van der Waals surface area contributed by atoms with Crippen molar-refractivity contribution in [3.63, 3.8) is 0 Å². The molecule has 2 aromatic carbocycles. The summed E-state index contributed by atoms with van der Waals surface area (Å²) >= 11 is 0. The Kier molecular flexibility index (Phi) is 3.01. The molecule has 0 spiro atoms. The summed E-state index contributed by atoms with van der Waals surface area (Å²) in [4.78, 5) is 26.4. The van der Waals surface area contributed by atoms with Crippen LogP contribution in [-0.4, -0.2) is 11.8 Å². The molecule has 1 unspecified atom stereocenters. The zero-order chi connectivity index (χ0) is 15.0. The molecule has 1 aliphatic rings. The molecule has 0 saturated carbocycles. The highest BCUT2D eigenvalue weighted by Crippen LogP contribution is 2.38. The van der Waals surface area contributed by atoms with Gasteiger partial charge in [-0.1, -0.05) is 36.4 Å². The van der Waals surface area contributed by atoms with Gasteiger partial charge in [0.1, 0.15) is 0 Å². The minimum absolute atomic E-state index is 0.171. The molecule has 0 radical (unpaired) electrons.